The molecule has 0 atom stereocenters. The monoisotopic (exact) mass is 276 g/mol. The predicted octanol–water partition coefficient (Wildman–Crippen LogP) is 2.68. The first-order valence-electron chi connectivity index (χ1n) is 4.52. The summed E-state index contributed by atoms with van der Waals surface area (Å²) in [6.07, 6.45) is 9.69. The van der Waals surface area contributed by atoms with Crippen LogP contribution in [0.1, 0.15) is 25.7 Å². The molecular weight excluding hydrogens is 263 g/mol. The summed E-state index contributed by atoms with van der Waals surface area (Å²) in [4.78, 5) is 0. The lowest BCUT2D eigenvalue weighted by Crippen LogP contribution is -2.07. The maximum atomic E-state index is 4.29. The van der Waals surface area contributed by atoms with Crippen LogP contribution in [0, 0.1) is 9.49 Å². The summed E-state index contributed by atoms with van der Waals surface area (Å²) in [5.74, 6) is 0.890. The minimum absolute atomic E-state index is 0.890. The molecule has 0 N–H and O–H groups in total. The van der Waals surface area contributed by atoms with E-state index >= 15 is 0 Å². The Bertz CT molecular complexity index is 251. The summed E-state index contributed by atoms with van der Waals surface area (Å²) < 4.78 is 3.32. The molecule has 1 saturated carbocycles. The Morgan fingerprint density at radius 3 is 2.83 bits per heavy atom. The smallest absolute Gasteiger partial charge is 0.0623 e. The topological polar surface area (TPSA) is 17.8 Å². The molecule has 1 aromatic rings. The van der Waals surface area contributed by atoms with Crippen molar-refractivity contribution in [1.82, 2.24) is 9.78 Å². The van der Waals surface area contributed by atoms with E-state index in [0.717, 1.165) is 12.5 Å². The Labute approximate surface area is 86.5 Å². The Hall–Kier alpha value is -0.0600. The third-order valence-corrected chi connectivity index (χ3v) is 3.08. The lowest BCUT2D eigenvalue weighted by molar-refractivity contribution is 0.429. The fraction of sp³-hybridized carbons (Fsp3) is 0.667. The van der Waals surface area contributed by atoms with Crippen molar-refractivity contribution in [2.45, 2.75) is 32.2 Å². The molecule has 1 fully saturated rings. The van der Waals surface area contributed by atoms with Crippen LogP contribution >= 0.6 is 22.6 Å². The quantitative estimate of drug-likeness (QED) is 0.759. The number of rotatable bonds is 2. The summed E-state index contributed by atoms with van der Waals surface area (Å²) in [5.41, 5.74) is 0. The molecule has 1 aromatic heterocycles. The highest BCUT2D eigenvalue weighted by Crippen LogP contribution is 2.25. The van der Waals surface area contributed by atoms with Gasteiger partial charge in [-0.2, -0.15) is 5.10 Å². The second-order valence-corrected chi connectivity index (χ2v) is 4.78. The van der Waals surface area contributed by atoms with E-state index in [1.54, 1.807) is 0 Å². The van der Waals surface area contributed by atoms with Crippen LogP contribution in [0.3, 0.4) is 0 Å². The fourth-order valence-electron chi connectivity index (χ4n) is 1.90. The number of hydrogen-bond acceptors (Lipinski definition) is 1. The lowest BCUT2D eigenvalue weighted by atomic mass is 10.1. The molecule has 1 aliphatic rings. The molecule has 0 amide bonds. The van der Waals surface area contributed by atoms with Gasteiger partial charge in [0.25, 0.3) is 0 Å². The Morgan fingerprint density at radius 1 is 1.50 bits per heavy atom. The molecule has 0 unspecified atom stereocenters. The minimum Gasteiger partial charge on any atom is -0.271 e. The van der Waals surface area contributed by atoms with Crippen LogP contribution in [-0.2, 0) is 6.54 Å². The van der Waals surface area contributed by atoms with Crippen molar-refractivity contribution < 1.29 is 0 Å². The molecule has 0 radical (unpaired) electrons. The zero-order valence-electron chi connectivity index (χ0n) is 7.04. The number of aromatic nitrogens is 2. The van der Waals surface area contributed by atoms with Crippen molar-refractivity contribution in [3.8, 4) is 0 Å². The minimum atomic E-state index is 0.890. The highest BCUT2D eigenvalue weighted by Gasteiger charge is 2.15. The third-order valence-electron chi connectivity index (χ3n) is 2.52. The van der Waals surface area contributed by atoms with Crippen LogP contribution in [0.25, 0.3) is 0 Å². The van der Waals surface area contributed by atoms with Gasteiger partial charge in [-0.15, -0.1) is 0 Å². The van der Waals surface area contributed by atoms with Gasteiger partial charge in [0.15, 0.2) is 0 Å². The SMILES string of the molecule is Ic1cnn(CC2CCCC2)c1. The van der Waals surface area contributed by atoms with Gasteiger partial charge in [0, 0.05) is 12.7 Å². The summed E-state index contributed by atoms with van der Waals surface area (Å²) in [7, 11) is 0. The van der Waals surface area contributed by atoms with Crippen molar-refractivity contribution in [1.29, 1.82) is 0 Å². The Morgan fingerprint density at radius 2 is 2.25 bits per heavy atom. The van der Waals surface area contributed by atoms with Crippen LogP contribution in [-0.4, -0.2) is 9.78 Å². The van der Waals surface area contributed by atoms with E-state index in [4.69, 9.17) is 0 Å². The summed E-state index contributed by atoms with van der Waals surface area (Å²) in [6.45, 7) is 1.13. The molecular formula is C9H13IN2. The number of hydrogen-bond donors (Lipinski definition) is 0. The summed E-state index contributed by atoms with van der Waals surface area (Å²) >= 11 is 2.30. The van der Waals surface area contributed by atoms with Gasteiger partial charge in [-0.25, -0.2) is 0 Å². The molecule has 2 nitrogen and oxygen atoms in total. The summed E-state index contributed by atoms with van der Waals surface area (Å²) in [5, 5.41) is 4.29. The first-order chi connectivity index (χ1) is 5.84. The maximum Gasteiger partial charge on any atom is 0.0623 e. The van der Waals surface area contributed by atoms with Gasteiger partial charge >= 0.3 is 0 Å². The van der Waals surface area contributed by atoms with Gasteiger partial charge in [0.2, 0.25) is 0 Å². The molecule has 12 heavy (non-hydrogen) atoms. The van der Waals surface area contributed by atoms with Gasteiger partial charge in [0.05, 0.1) is 9.77 Å². The lowest BCUT2D eigenvalue weighted by Gasteiger charge is -2.07. The van der Waals surface area contributed by atoms with Gasteiger partial charge in [-0.3, -0.25) is 4.68 Å². The van der Waals surface area contributed by atoms with E-state index in [1.165, 1.54) is 29.3 Å². The van der Waals surface area contributed by atoms with Gasteiger partial charge in [0.1, 0.15) is 0 Å². The zero-order valence-corrected chi connectivity index (χ0v) is 9.20. The largest absolute Gasteiger partial charge is 0.271 e. The van der Waals surface area contributed by atoms with Crippen molar-refractivity contribution in [2.75, 3.05) is 0 Å². The van der Waals surface area contributed by atoms with E-state index in [2.05, 4.69) is 38.6 Å². The average molecular weight is 276 g/mol. The van der Waals surface area contributed by atoms with Crippen LogP contribution in [0.5, 0.6) is 0 Å². The second kappa shape index (κ2) is 3.77. The first kappa shape index (κ1) is 8.53. The Kier molecular flexibility index (Phi) is 2.68. The Balaban J connectivity index is 1.94. The second-order valence-electron chi connectivity index (χ2n) is 3.53. The van der Waals surface area contributed by atoms with Crippen LogP contribution < -0.4 is 0 Å². The van der Waals surface area contributed by atoms with Crippen molar-refractivity contribution in [3.63, 3.8) is 0 Å². The van der Waals surface area contributed by atoms with Gasteiger partial charge in [-0.05, 0) is 41.4 Å². The van der Waals surface area contributed by atoms with Crippen molar-refractivity contribution >= 4 is 22.6 Å². The van der Waals surface area contributed by atoms with E-state index < -0.39 is 0 Å². The van der Waals surface area contributed by atoms with E-state index in [9.17, 15) is 0 Å². The molecule has 3 heteroatoms. The molecule has 66 valence electrons. The van der Waals surface area contributed by atoms with Crippen LogP contribution in [0.15, 0.2) is 12.4 Å². The number of halogens is 1. The summed E-state index contributed by atoms with van der Waals surface area (Å²) in [6, 6.07) is 0. The molecule has 0 aromatic carbocycles. The highest BCUT2D eigenvalue weighted by atomic mass is 127. The predicted molar refractivity (Wildman–Crippen MR) is 56.9 cm³/mol. The van der Waals surface area contributed by atoms with Gasteiger partial charge in [-0.1, -0.05) is 12.8 Å². The normalized spacial score (nSPS) is 18.8. The van der Waals surface area contributed by atoms with E-state index in [-0.39, 0.29) is 0 Å². The van der Waals surface area contributed by atoms with E-state index in [1.807, 2.05) is 6.20 Å². The molecule has 1 aliphatic carbocycles. The molecule has 0 spiro atoms. The molecule has 0 saturated heterocycles. The molecule has 2 rings (SSSR count). The standard InChI is InChI=1S/C9H13IN2/c10-9-5-11-12(7-9)6-8-3-1-2-4-8/h5,7-8H,1-4,6H2. The van der Waals surface area contributed by atoms with E-state index in [0.29, 0.717) is 0 Å². The first-order valence-corrected chi connectivity index (χ1v) is 5.60. The van der Waals surface area contributed by atoms with Gasteiger partial charge < -0.3 is 0 Å². The molecule has 0 aliphatic heterocycles. The average Bonchev–Trinajstić information content (AvgIpc) is 2.63. The highest BCUT2D eigenvalue weighted by molar-refractivity contribution is 14.1. The van der Waals surface area contributed by atoms with Crippen molar-refractivity contribution in [3.05, 3.63) is 16.0 Å². The maximum absolute atomic E-state index is 4.29. The molecule has 0 bridgehead atoms. The fourth-order valence-corrected chi connectivity index (χ4v) is 2.34. The third kappa shape index (κ3) is 2.00. The number of nitrogens with zero attached hydrogens (tertiary/aromatic N) is 2. The zero-order chi connectivity index (χ0) is 8.39. The molecule has 1 heterocycles. The van der Waals surface area contributed by atoms with Crippen LogP contribution in [0.4, 0.5) is 0 Å². The van der Waals surface area contributed by atoms with Crippen LogP contribution in [0.2, 0.25) is 0 Å². The van der Waals surface area contributed by atoms with Crippen molar-refractivity contribution in [2.24, 2.45) is 5.92 Å².